The maximum absolute atomic E-state index is 5.44. The van der Waals surface area contributed by atoms with E-state index < -0.39 is 0 Å². The van der Waals surface area contributed by atoms with Crippen LogP contribution in [0.5, 0.6) is 0 Å². The Morgan fingerprint density at radius 3 is 2.52 bits per heavy atom. The number of pyridine rings is 1. The zero-order valence-corrected chi connectivity index (χ0v) is 14.9. The first-order chi connectivity index (χ1) is 12.3. The lowest BCUT2D eigenvalue weighted by Crippen LogP contribution is -2.43. The third-order valence-corrected chi connectivity index (χ3v) is 5.11. The first kappa shape index (κ1) is 16.5. The van der Waals surface area contributed by atoms with Crippen molar-refractivity contribution >= 4 is 5.82 Å². The van der Waals surface area contributed by atoms with Gasteiger partial charge in [-0.15, -0.1) is 0 Å². The minimum atomic E-state index is 0.627. The smallest absolute Gasteiger partial charge is 0.241 e. The average Bonchev–Trinajstić information content (AvgIpc) is 3.13. The first-order valence-electron chi connectivity index (χ1n) is 9.23. The summed E-state index contributed by atoms with van der Waals surface area (Å²) in [5.74, 6) is 2.35. The molecule has 0 amide bonds. The zero-order chi connectivity index (χ0) is 17.1. The summed E-state index contributed by atoms with van der Waals surface area (Å²) in [6.45, 7) is 7.18. The second kappa shape index (κ2) is 7.49. The van der Waals surface area contributed by atoms with Crippen LogP contribution in [0.2, 0.25) is 0 Å². The molecule has 0 spiro atoms. The van der Waals surface area contributed by atoms with Crippen molar-refractivity contribution in [3.8, 4) is 11.4 Å². The topological polar surface area (TPSA) is 61.5 Å². The molecular formula is C18H26N6O. The number of hydrogen-bond acceptors (Lipinski definition) is 7. The zero-order valence-electron chi connectivity index (χ0n) is 14.9. The van der Waals surface area contributed by atoms with E-state index in [2.05, 4.69) is 42.9 Å². The molecule has 2 aromatic heterocycles. The van der Waals surface area contributed by atoms with Crippen molar-refractivity contribution in [1.82, 2.24) is 24.9 Å². The van der Waals surface area contributed by atoms with Gasteiger partial charge in [-0.3, -0.25) is 4.90 Å². The summed E-state index contributed by atoms with van der Waals surface area (Å²) in [6.07, 6.45) is 5.69. The van der Waals surface area contributed by atoms with Crippen molar-refractivity contribution in [3.05, 3.63) is 24.2 Å². The van der Waals surface area contributed by atoms with E-state index in [1.54, 1.807) is 0 Å². The Morgan fingerprint density at radius 1 is 1.00 bits per heavy atom. The molecule has 0 saturated carbocycles. The lowest BCUT2D eigenvalue weighted by Gasteiger charge is -2.31. The molecule has 2 aromatic rings. The van der Waals surface area contributed by atoms with Crippen molar-refractivity contribution in [2.45, 2.75) is 25.8 Å². The van der Waals surface area contributed by atoms with Crippen LogP contribution in [0.1, 0.15) is 25.2 Å². The van der Waals surface area contributed by atoms with E-state index in [0.717, 1.165) is 57.2 Å². The highest BCUT2D eigenvalue weighted by atomic mass is 16.5. The van der Waals surface area contributed by atoms with Crippen LogP contribution in [-0.4, -0.2) is 71.2 Å². The van der Waals surface area contributed by atoms with E-state index in [0.29, 0.717) is 11.7 Å². The summed E-state index contributed by atoms with van der Waals surface area (Å²) < 4.78 is 5.44. The summed E-state index contributed by atoms with van der Waals surface area (Å²) in [5.41, 5.74) is 0.911. The Morgan fingerprint density at radius 2 is 1.80 bits per heavy atom. The van der Waals surface area contributed by atoms with Crippen molar-refractivity contribution < 1.29 is 4.52 Å². The van der Waals surface area contributed by atoms with Crippen LogP contribution in [0.3, 0.4) is 0 Å². The number of piperidine rings is 1. The van der Waals surface area contributed by atoms with Gasteiger partial charge in [0.15, 0.2) is 0 Å². The Balaban J connectivity index is 1.39. The predicted molar refractivity (Wildman–Crippen MR) is 96.4 cm³/mol. The predicted octanol–water partition coefficient (Wildman–Crippen LogP) is 1.87. The van der Waals surface area contributed by atoms with Gasteiger partial charge in [-0.2, -0.15) is 4.98 Å². The molecule has 2 aliphatic heterocycles. The fraction of sp³-hybridized carbons (Fsp3) is 0.611. The third-order valence-electron chi connectivity index (χ3n) is 5.11. The van der Waals surface area contributed by atoms with Gasteiger partial charge >= 0.3 is 0 Å². The summed E-state index contributed by atoms with van der Waals surface area (Å²) in [7, 11) is 2.16. The van der Waals surface area contributed by atoms with Crippen molar-refractivity contribution in [2.24, 2.45) is 0 Å². The van der Waals surface area contributed by atoms with Gasteiger partial charge in [-0.05, 0) is 38.4 Å². The molecule has 0 atom stereocenters. The van der Waals surface area contributed by atoms with E-state index in [1.807, 2.05) is 12.3 Å². The summed E-state index contributed by atoms with van der Waals surface area (Å²) in [6, 6.07) is 4.11. The number of aromatic nitrogens is 3. The molecule has 4 rings (SSSR count). The lowest BCUT2D eigenvalue weighted by molar-refractivity contribution is 0.135. The maximum Gasteiger partial charge on any atom is 0.241 e. The summed E-state index contributed by atoms with van der Waals surface area (Å²) >= 11 is 0. The van der Waals surface area contributed by atoms with Crippen LogP contribution < -0.4 is 4.90 Å². The van der Waals surface area contributed by atoms with Gasteiger partial charge in [0, 0.05) is 51.0 Å². The van der Waals surface area contributed by atoms with Gasteiger partial charge in [0.25, 0.3) is 0 Å². The summed E-state index contributed by atoms with van der Waals surface area (Å²) in [5, 5.41) is 4.13. The molecule has 7 heteroatoms. The van der Waals surface area contributed by atoms with Crippen LogP contribution >= 0.6 is 0 Å². The molecule has 0 aliphatic carbocycles. The van der Waals surface area contributed by atoms with Gasteiger partial charge in [0.05, 0.1) is 6.54 Å². The highest BCUT2D eigenvalue weighted by Crippen LogP contribution is 2.21. The fourth-order valence-electron chi connectivity index (χ4n) is 3.46. The average molecular weight is 342 g/mol. The molecule has 7 nitrogen and oxygen atoms in total. The molecule has 2 aliphatic rings. The minimum absolute atomic E-state index is 0.627. The monoisotopic (exact) mass is 342 g/mol. The van der Waals surface area contributed by atoms with Crippen LogP contribution in [0.4, 0.5) is 5.82 Å². The van der Waals surface area contributed by atoms with Gasteiger partial charge in [0.1, 0.15) is 5.82 Å². The van der Waals surface area contributed by atoms with Crippen molar-refractivity contribution in [1.29, 1.82) is 0 Å². The van der Waals surface area contributed by atoms with E-state index >= 15 is 0 Å². The number of hydrogen-bond donors (Lipinski definition) is 0. The lowest BCUT2D eigenvalue weighted by atomic mass is 10.1. The molecule has 2 fully saturated rings. The molecule has 25 heavy (non-hydrogen) atoms. The van der Waals surface area contributed by atoms with Gasteiger partial charge in [-0.1, -0.05) is 5.16 Å². The van der Waals surface area contributed by atoms with Crippen molar-refractivity contribution in [2.75, 3.05) is 51.2 Å². The minimum Gasteiger partial charge on any atom is -0.357 e. The SMILES string of the molecule is CN1CCN(Cc2nc(-c3ccc(N4CCCCC4)nc3)no2)CC1. The van der Waals surface area contributed by atoms with Crippen LogP contribution in [0.15, 0.2) is 22.9 Å². The van der Waals surface area contributed by atoms with Crippen LogP contribution in [0, 0.1) is 0 Å². The number of rotatable bonds is 4. The van der Waals surface area contributed by atoms with Crippen LogP contribution in [-0.2, 0) is 6.54 Å². The molecule has 0 bridgehead atoms. The molecule has 0 radical (unpaired) electrons. The third kappa shape index (κ3) is 3.99. The molecule has 2 saturated heterocycles. The number of anilines is 1. The van der Waals surface area contributed by atoms with E-state index in [1.165, 1.54) is 19.3 Å². The molecule has 0 aromatic carbocycles. The highest BCUT2D eigenvalue weighted by molar-refractivity contribution is 5.55. The van der Waals surface area contributed by atoms with Crippen LogP contribution in [0.25, 0.3) is 11.4 Å². The Kier molecular flexibility index (Phi) is 4.94. The molecule has 134 valence electrons. The Labute approximate surface area is 148 Å². The second-order valence-corrected chi connectivity index (χ2v) is 7.04. The molecule has 0 unspecified atom stereocenters. The van der Waals surface area contributed by atoms with E-state index in [4.69, 9.17) is 4.52 Å². The number of piperazine rings is 1. The molecule has 4 heterocycles. The first-order valence-corrected chi connectivity index (χ1v) is 9.23. The molecular weight excluding hydrogens is 316 g/mol. The van der Waals surface area contributed by atoms with Crippen molar-refractivity contribution in [3.63, 3.8) is 0 Å². The Hall–Kier alpha value is -1.99. The van der Waals surface area contributed by atoms with Gasteiger partial charge in [-0.25, -0.2) is 4.98 Å². The van der Waals surface area contributed by atoms with E-state index in [9.17, 15) is 0 Å². The number of nitrogens with zero attached hydrogens (tertiary/aromatic N) is 6. The summed E-state index contributed by atoms with van der Waals surface area (Å²) in [4.78, 5) is 16.2. The van der Waals surface area contributed by atoms with Gasteiger partial charge in [0.2, 0.25) is 11.7 Å². The largest absolute Gasteiger partial charge is 0.357 e. The molecule has 0 N–H and O–H groups in total. The fourth-order valence-corrected chi connectivity index (χ4v) is 3.46. The van der Waals surface area contributed by atoms with E-state index in [-0.39, 0.29) is 0 Å². The standard InChI is InChI=1S/C18H26N6O/c1-22-9-11-23(12-10-22)14-17-20-18(21-25-17)15-5-6-16(19-13-15)24-7-3-2-4-8-24/h5-6,13H,2-4,7-12,14H2,1H3. The quantitative estimate of drug-likeness (QED) is 0.840. The maximum atomic E-state index is 5.44. The second-order valence-electron chi connectivity index (χ2n) is 7.04. The Bertz CT molecular complexity index is 671. The number of likely N-dealkylation sites (N-methyl/N-ethyl adjacent to an activating group) is 1. The highest BCUT2D eigenvalue weighted by Gasteiger charge is 2.18. The van der Waals surface area contributed by atoms with Gasteiger partial charge < -0.3 is 14.3 Å². The normalized spacial score (nSPS) is 20.1.